The van der Waals surface area contributed by atoms with Crippen molar-refractivity contribution in [2.24, 2.45) is 0 Å². The van der Waals surface area contributed by atoms with E-state index < -0.39 is 0 Å². The van der Waals surface area contributed by atoms with E-state index in [4.69, 9.17) is 0 Å². The van der Waals surface area contributed by atoms with E-state index in [1.165, 1.54) is 0 Å². The molecule has 0 aliphatic heterocycles. The summed E-state index contributed by atoms with van der Waals surface area (Å²) in [5.41, 5.74) is 2.30. The third-order valence-corrected chi connectivity index (χ3v) is 3.28. The van der Waals surface area contributed by atoms with Gasteiger partial charge in [0.05, 0.1) is 0 Å². The second-order valence-electron chi connectivity index (χ2n) is 5.00. The molecule has 0 saturated heterocycles. The molecule has 112 valence electrons. The maximum atomic E-state index is 4.31. The second kappa shape index (κ2) is 10.0. The summed E-state index contributed by atoms with van der Waals surface area (Å²) in [7, 11) is 0. The highest BCUT2D eigenvalue weighted by atomic mass is 14.9. The molecule has 4 heteroatoms. The average molecular weight is 284 g/mol. The minimum atomic E-state index is 0.991. The zero-order valence-corrected chi connectivity index (χ0v) is 12.5. The molecule has 4 nitrogen and oxygen atoms in total. The molecule has 0 saturated carbocycles. The smallest absolute Gasteiger partial charge is 0.0416 e. The number of nitrogens with one attached hydrogen (secondary N) is 2. The second-order valence-corrected chi connectivity index (χ2v) is 5.00. The first-order valence-electron chi connectivity index (χ1n) is 7.66. The summed E-state index contributed by atoms with van der Waals surface area (Å²) in [6.07, 6.45) is 6.83. The van der Waals surface area contributed by atoms with Crippen molar-refractivity contribution >= 4 is 0 Å². The van der Waals surface area contributed by atoms with Gasteiger partial charge in [0.15, 0.2) is 0 Å². The molecule has 2 heterocycles. The lowest BCUT2D eigenvalue weighted by Gasteiger charge is -2.06. The lowest BCUT2D eigenvalue weighted by atomic mass is 10.2. The number of hydrogen-bond acceptors (Lipinski definition) is 4. The summed E-state index contributed by atoms with van der Waals surface area (Å²) < 4.78 is 0. The summed E-state index contributed by atoms with van der Waals surface area (Å²) in [4.78, 5) is 8.62. The normalized spacial score (nSPS) is 10.7. The molecule has 0 aromatic carbocycles. The predicted molar refractivity (Wildman–Crippen MR) is 86.2 cm³/mol. The molecular weight excluding hydrogens is 260 g/mol. The van der Waals surface area contributed by atoms with Gasteiger partial charge in [-0.2, -0.15) is 0 Å². The molecule has 0 bridgehead atoms. The zero-order valence-electron chi connectivity index (χ0n) is 12.5. The van der Waals surface area contributed by atoms with Crippen molar-refractivity contribution in [3.05, 3.63) is 60.2 Å². The molecule has 21 heavy (non-hydrogen) atoms. The average Bonchev–Trinajstić information content (AvgIpc) is 2.55. The SMILES string of the molecule is c1ccc(CCNCCCNCCc2ccccn2)nc1. The van der Waals surface area contributed by atoms with Gasteiger partial charge in [0.25, 0.3) is 0 Å². The van der Waals surface area contributed by atoms with Crippen LogP contribution in [0.25, 0.3) is 0 Å². The van der Waals surface area contributed by atoms with Crippen LogP contribution in [0.5, 0.6) is 0 Å². The van der Waals surface area contributed by atoms with Crippen molar-refractivity contribution in [1.82, 2.24) is 20.6 Å². The van der Waals surface area contributed by atoms with Crippen LogP contribution in [0.15, 0.2) is 48.8 Å². The van der Waals surface area contributed by atoms with E-state index in [9.17, 15) is 0 Å². The van der Waals surface area contributed by atoms with Gasteiger partial charge in [0.2, 0.25) is 0 Å². The number of nitrogens with zero attached hydrogens (tertiary/aromatic N) is 2. The van der Waals surface area contributed by atoms with E-state index in [2.05, 4.69) is 32.7 Å². The molecule has 0 amide bonds. The highest BCUT2D eigenvalue weighted by molar-refractivity contribution is 5.04. The van der Waals surface area contributed by atoms with Crippen molar-refractivity contribution in [2.75, 3.05) is 26.2 Å². The van der Waals surface area contributed by atoms with Crippen LogP contribution in [0.2, 0.25) is 0 Å². The molecule has 0 unspecified atom stereocenters. The van der Waals surface area contributed by atoms with Gasteiger partial charge in [-0.15, -0.1) is 0 Å². The van der Waals surface area contributed by atoms with Crippen LogP contribution < -0.4 is 10.6 Å². The molecule has 0 radical (unpaired) electrons. The third kappa shape index (κ3) is 6.97. The molecule has 2 aromatic heterocycles. The fourth-order valence-electron chi connectivity index (χ4n) is 2.11. The van der Waals surface area contributed by atoms with Gasteiger partial charge in [0.1, 0.15) is 0 Å². The van der Waals surface area contributed by atoms with Crippen LogP contribution in [-0.4, -0.2) is 36.1 Å². The van der Waals surface area contributed by atoms with E-state index >= 15 is 0 Å². The minimum Gasteiger partial charge on any atom is -0.316 e. The Morgan fingerprint density at radius 3 is 1.62 bits per heavy atom. The molecular formula is C17H24N4. The topological polar surface area (TPSA) is 49.8 Å². The van der Waals surface area contributed by atoms with Gasteiger partial charge in [-0.1, -0.05) is 12.1 Å². The summed E-state index contributed by atoms with van der Waals surface area (Å²) in [5, 5.41) is 6.90. The Hall–Kier alpha value is -1.78. The first-order chi connectivity index (χ1) is 10.4. The Balaban J connectivity index is 1.40. The highest BCUT2D eigenvalue weighted by Gasteiger charge is 1.94. The Labute approximate surface area is 127 Å². The van der Waals surface area contributed by atoms with E-state index in [1.807, 2.05) is 36.7 Å². The van der Waals surface area contributed by atoms with E-state index in [1.54, 1.807) is 0 Å². The third-order valence-electron chi connectivity index (χ3n) is 3.28. The van der Waals surface area contributed by atoms with Crippen LogP contribution in [0.3, 0.4) is 0 Å². The summed E-state index contributed by atoms with van der Waals surface area (Å²) in [5.74, 6) is 0. The van der Waals surface area contributed by atoms with Crippen LogP contribution in [0, 0.1) is 0 Å². The van der Waals surface area contributed by atoms with Crippen LogP contribution in [-0.2, 0) is 12.8 Å². The molecule has 2 rings (SSSR count). The first kappa shape index (κ1) is 15.6. The van der Waals surface area contributed by atoms with E-state index in [0.29, 0.717) is 0 Å². The molecule has 0 aliphatic carbocycles. The largest absolute Gasteiger partial charge is 0.316 e. The van der Waals surface area contributed by atoms with Crippen molar-refractivity contribution < 1.29 is 0 Å². The Morgan fingerprint density at radius 1 is 0.667 bits per heavy atom. The molecule has 0 aliphatic rings. The number of hydrogen-bond donors (Lipinski definition) is 2. The van der Waals surface area contributed by atoms with Gasteiger partial charge >= 0.3 is 0 Å². The molecule has 2 N–H and O–H groups in total. The zero-order chi connectivity index (χ0) is 14.6. The quantitative estimate of drug-likeness (QED) is 0.654. The van der Waals surface area contributed by atoms with Gasteiger partial charge in [-0.3, -0.25) is 9.97 Å². The molecule has 0 spiro atoms. The minimum absolute atomic E-state index is 0.991. The van der Waals surface area contributed by atoms with Crippen LogP contribution in [0.1, 0.15) is 17.8 Å². The Bertz CT molecular complexity index is 427. The van der Waals surface area contributed by atoms with Gasteiger partial charge in [0, 0.05) is 49.7 Å². The fraction of sp³-hybridized carbons (Fsp3) is 0.412. The molecule has 0 atom stereocenters. The predicted octanol–water partition coefficient (Wildman–Crippen LogP) is 1.83. The molecule has 0 fully saturated rings. The van der Waals surface area contributed by atoms with E-state index in [-0.39, 0.29) is 0 Å². The Morgan fingerprint density at radius 2 is 1.19 bits per heavy atom. The monoisotopic (exact) mass is 284 g/mol. The maximum absolute atomic E-state index is 4.31. The summed E-state index contributed by atoms with van der Waals surface area (Å²) in [6.45, 7) is 4.07. The maximum Gasteiger partial charge on any atom is 0.0416 e. The van der Waals surface area contributed by atoms with E-state index in [0.717, 1.165) is 56.8 Å². The molecule has 2 aromatic rings. The highest BCUT2D eigenvalue weighted by Crippen LogP contribution is 1.94. The number of pyridine rings is 2. The van der Waals surface area contributed by atoms with Crippen molar-refractivity contribution in [1.29, 1.82) is 0 Å². The van der Waals surface area contributed by atoms with Gasteiger partial charge < -0.3 is 10.6 Å². The van der Waals surface area contributed by atoms with Gasteiger partial charge in [-0.05, 0) is 43.8 Å². The first-order valence-corrected chi connectivity index (χ1v) is 7.66. The lowest BCUT2D eigenvalue weighted by molar-refractivity contribution is 0.593. The van der Waals surface area contributed by atoms with Crippen LogP contribution >= 0.6 is 0 Å². The van der Waals surface area contributed by atoms with Crippen molar-refractivity contribution in [3.63, 3.8) is 0 Å². The van der Waals surface area contributed by atoms with Gasteiger partial charge in [-0.25, -0.2) is 0 Å². The standard InChI is InChI=1S/C17H24N4/c1-3-12-20-16(6-1)8-14-18-10-5-11-19-15-9-17-7-2-4-13-21-17/h1-4,6-7,12-13,18-19H,5,8-11,14-15H2. The Kier molecular flexibility index (Phi) is 7.45. The number of aromatic nitrogens is 2. The van der Waals surface area contributed by atoms with Crippen LogP contribution in [0.4, 0.5) is 0 Å². The fourth-order valence-corrected chi connectivity index (χ4v) is 2.11. The summed E-state index contributed by atoms with van der Waals surface area (Å²) in [6, 6.07) is 12.1. The number of rotatable bonds is 10. The van der Waals surface area contributed by atoms with Crippen molar-refractivity contribution in [2.45, 2.75) is 19.3 Å². The van der Waals surface area contributed by atoms with Crippen molar-refractivity contribution in [3.8, 4) is 0 Å². The lowest BCUT2D eigenvalue weighted by Crippen LogP contribution is -2.25. The summed E-state index contributed by atoms with van der Waals surface area (Å²) >= 11 is 0.